The van der Waals surface area contributed by atoms with Gasteiger partial charge in [-0.1, -0.05) is 35.5 Å². The maximum Gasteiger partial charge on any atom is 0.309 e. The summed E-state index contributed by atoms with van der Waals surface area (Å²) in [6.07, 6.45) is -0.108. The minimum absolute atomic E-state index is 0.108. The van der Waals surface area contributed by atoms with Crippen LogP contribution in [0.3, 0.4) is 0 Å². The van der Waals surface area contributed by atoms with E-state index in [0.29, 0.717) is 20.7 Å². The van der Waals surface area contributed by atoms with Crippen LogP contribution in [0.2, 0.25) is 5.02 Å². The van der Waals surface area contributed by atoms with Crippen molar-refractivity contribution in [3.05, 3.63) is 40.4 Å². The van der Waals surface area contributed by atoms with E-state index in [1.807, 2.05) is 0 Å². The van der Waals surface area contributed by atoms with Gasteiger partial charge in [-0.2, -0.15) is 0 Å². The third-order valence-electron chi connectivity index (χ3n) is 2.34. The van der Waals surface area contributed by atoms with Crippen LogP contribution in [0, 0.1) is 0 Å². The number of aliphatic carboxylic acids is 1. The van der Waals surface area contributed by atoms with E-state index in [1.54, 1.807) is 29.6 Å². The second-order valence-corrected chi connectivity index (χ2v) is 6.48. The average molecular weight is 343 g/mol. The number of benzene rings is 1. The number of amides is 1. The van der Waals surface area contributed by atoms with Crippen LogP contribution in [0.5, 0.6) is 0 Å². The molecule has 0 spiro atoms. The first-order valence-corrected chi connectivity index (χ1v) is 8.12. The molecule has 1 aromatic heterocycles. The molecule has 2 rings (SSSR count). The predicted molar refractivity (Wildman–Crippen MR) is 84.3 cm³/mol. The molecule has 0 atom stereocenters. The first-order valence-electron chi connectivity index (χ1n) is 5.88. The second kappa shape index (κ2) is 7.44. The van der Waals surface area contributed by atoms with Crippen molar-refractivity contribution in [3.8, 4) is 0 Å². The van der Waals surface area contributed by atoms with Gasteiger partial charge in [0.15, 0.2) is 4.34 Å². The number of aromatic nitrogens is 1. The maximum atomic E-state index is 11.8. The number of nitrogens with one attached hydrogen (secondary N) is 1. The number of carbonyl (C=O) groups is 2. The van der Waals surface area contributed by atoms with Crippen molar-refractivity contribution < 1.29 is 14.7 Å². The number of para-hydroxylation sites is 1. The molecule has 1 aromatic carbocycles. The molecule has 21 heavy (non-hydrogen) atoms. The largest absolute Gasteiger partial charge is 0.481 e. The van der Waals surface area contributed by atoms with Crippen molar-refractivity contribution in [3.63, 3.8) is 0 Å². The molecule has 0 aliphatic rings. The van der Waals surface area contributed by atoms with Crippen LogP contribution in [0.25, 0.3) is 0 Å². The highest BCUT2D eigenvalue weighted by Gasteiger charge is 2.10. The van der Waals surface area contributed by atoms with E-state index in [0.717, 1.165) is 0 Å². The Morgan fingerprint density at radius 3 is 2.86 bits per heavy atom. The third-order valence-corrected chi connectivity index (χ3v) is 4.74. The van der Waals surface area contributed by atoms with E-state index in [4.69, 9.17) is 16.7 Å². The quantitative estimate of drug-likeness (QED) is 0.788. The lowest BCUT2D eigenvalue weighted by atomic mass is 10.3. The number of thiazole rings is 1. The molecule has 5 nitrogen and oxygen atoms in total. The molecule has 0 bridgehead atoms. The van der Waals surface area contributed by atoms with Crippen LogP contribution in [-0.2, 0) is 16.0 Å². The van der Waals surface area contributed by atoms with Gasteiger partial charge in [0.1, 0.15) is 0 Å². The number of rotatable bonds is 6. The van der Waals surface area contributed by atoms with Crippen LogP contribution in [-0.4, -0.2) is 27.7 Å². The number of nitrogens with zero attached hydrogens (tertiary/aromatic N) is 1. The van der Waals surface area contributed by atoms with Crippen LogP contribution in [0.15, 0.2) is 34.0 Å². The summed E-state index contributed by atoms with van der Waals surface area (Å²) in [5.74, 6) is -0.929. The molecule has 110 valence electrons. The zero-order valence-corrected chi connectivity index (χ0v) is 13.1. The van der Waals surface area contributed by atoms with Gasteiger partial charge in [-0.05, 0) is 12.1 Å². The van der Waals surface area contributed by atoms with Crippen LogP contribution >= 0.6 is 34.7 Å². The topological polar surface area (TPSA) is 79.3 Å². The minimum Gasteiger partial charge on any atom is -0.481 e. The van der Waals surface area contributed by atoms with Gasteiger partial charge in [0.25, 0.3) is 0 Å². The van der Waals surface area contributed by atoms with Crippen molar-refractivity contribution in [1.82, 2.24) is 4.98 Å². The lowest BCUT2D eigenvalue weighted by Gasteiger charge is -2.05. The SMILES string of the molecule is O=C(O)Cc1csc(SCC(=O)Nc2ccccc2Cl)n1. The molecule has 2 N–H and O–H groups in total. The lowest BCUT2D eigenvalue weighted by molar-refractivity contribution is -0.136. The molecule has 0 aliphatic carbocycles. The van der Waals surface area contributed by atoms with E-state index in [-0.39, 0.29) is 18.1 Å². The third kappa shape index (κ3) is 5.04. The van der Waals surface area contributed by atoms with E-state index >= 15 is 0 Å². The smallest absolute Gasteiger partial charge is 0.309 e. The number of anilines is 1. The van der Waals surface area contributed by atoms with E-state index in [2.05, 4.69) is 10.3 Å². The molecule has 2 aromatic rings. The summed E-state index contributed by atoms with van der Waals surface area (Å²) in [6, 6.07) is 6.99. The van der Waals surface area contributed by atoms with Gasteiger partial charge in [-0.15, -0.1) is 11.3 Å². The molecule has 0 saturated heterocycles. The van der Waals surface area contributed by atoms with E-state index in [1.165, 1.54) is 23.1 Å². The zero-order chi connectivity index (χ0) is 15.2. The Kier molecular flexibility index (Phi) is 5.60. The van der Waals surface area contributed by atoms with Crippen molar-refractivity contribution in [1.29, 1.82) is 0 Å². The Hall–Kier alpha value is -1.57. The minimum atomic E-state index is -0.923. The number of carboxylic acid groups (broad SMARTS) is 1. The predicted octanol–water partition coefficient (Wildman–Crippen LogP) is 3.15. The van der Waals surface area contributed by atoms with Crippen molar-refractivity contribution in [2.24, 2.45) is 0 Å². The number of hydrogen-bond acceptors (Lipinski definition) is 5. The van der Waals surface area contributed by atoms with Gasteiger partial charge in [-0.25, -0.2) is 4.98 Å². The standard InChI is InChI=1S/C13H11ClN2O3S2/c14-9-3-1-2-4-10(9)16-11(17)7-21-13-15-8(6-20-13)5-12(18)19/h1-4,6H,5,7H2,(H,16,17)(H,18,19). The molecule has 1 amide bonds. The highest BCUT2D eigenvalue weighted by atomic mass is 35.5. The molecule has 8 heteroatoms. The molecule has 0 saturated carbocycles. The Bertz CT molecular complexity index is 660. The average Bonchev–Trinajstić information content (AvgIpc) is 2.86. The van der Waals surface area contributed by atoms with Gasteiger partial charge in [0, 0.05) is 5.38 Å². The second-order valence-electron chi connectivity index (χ2n) is 3.99. The van der Waals surface area contributed by atoms with Gasteiger partial charge in [0.05, 0.1) is 28.6 Å². The first-order chi connectivity index (χ1) is 10.0. The summed E-state index contributed by atoms with van der Waals surface area (Å²) < 4.78 is 0.667. The molecule has 0 radical (unpaired) electrons. The molecular formula is C13H11ClN2O3S2. The van der Waals surface area contributed by atoms with Gasteiger partial charge in [0.2, 0.25) is 5.91 Å². The summed E-state index contributed by atoms with van der Waals surface area (Å²) >= 11 is 8.54. The molecule has 0 unspecified atom stereocenters. The Balaban J connectivity index is 1.85. The summed E-state index contributed by atoms with van der Waals surface area (Å²) in [4.78, 5) is 26.5. The number of carboxylic acids is 1. The normalized spacial score (nSPS) is 10.3. The highest BCUT2D eigenvalue weighted by Crippen LogP contribution is 2.24. The van der Waals surface area contributed by atoms with Crippen LogP contribution in [0.4, 0.5) is 5.69 Å². The van der Waals surface area contributed by atoms with Gasteiger partial charge >= 0.3 is 5.97 Å². The number of halogens is 1. The van der Waals surface area contributed by atoms with Crippen molar-refractivity contribution in [2.45, 2.75) is 10.8 Å². The fourth-order valence-electron chi connectivity index (χ4n) is 1.47. The van der Waals surface area contributed by atoms with Gasteiger partial charge in [-0.3, -0.25) is 9.59 Å². The number of thioether (sulfide) groups is 1. The summed E-state index contributed by atoms with van der Waals surface area (Å²) in [5.41, 5.74) is 1.07. The van der Waals surface area contributed by atoms with Gasteiger partial charge < -0.3 is 10.4 Å². The summed E-state index contributed by atoms with van der Waals surface area (Å²) in [7, 11) is 0. The van der Waals surface area contributed by atoms with Crippen molar-refractivity contribution >= 4 is 52.3 Å². The summed E-state index contributed by atoms with van der Waals surface area (Å²) in [5, 5.41) is 13.5. The molecule has 0 aliphatic heterocycles. The highest BCUT2D eigenvalue weighted by molar-refractivity contribution is 8.01. The van der Waals surface area contributed by atoms with Crippen LogP contribution < -0.4 is 5.32 Å². The number of carbonyl (C=O) groups excluding carboxylic acids is 1. The Morgan fingerprint density at radius 2 is 2.14 bits per heavy atom. The fraction of sp³-hybridized carbons (Fsp3) is 0.154. The maximum absolute atomic E-state index is 11.8. The zero-order valence-electron chi connectivity index (χ0n) is 10.7. The first kappa shape index (κ1) is 15.8. The Morgan fingerprint density at radius 1 is 1.38 bits per heavy atom. The molecule has 1 heterocycles. The monoisotopic (exact) mass is 342 g/mol. The van der Waals surface area contributed by atoms with E-state index in [9.17, 15) is 9.59 Å². The molecule has 0 fully saturated rings. The van der Waals surface area contributed by atoms with Crippen LogP contribution in [0.1, 0.15) is 5.69 Å². The number of hydrogen-bond donors (Lipinski definition) is 2. The van der Waals surface area contributed by atoms with Crippen molar-refractivity contribution in [2.75, 3.05) is 11.1 Å². The fourth-order valence-corrected chi connectivity index (χ4v) is 3.29. The Labute approximate surface area is 134 Å². The lowest BCUT2D eigenvalue weighted by Crippen LogP contribution is -2.14. The summed E-state index contributed by atoms with van der Waals surface area (Å²) in [6.45, 7) is 0. The molecular weight excluding hydrogens is 332 g/mol. The van der Waals surface area contributed by atoms with E-state index < -0.39 is 5.97 Å².